The van der Waals surface area contributed by atoms with Gasteiger partial charge in [0.15, 0.2) is 0 Å². The summed E-state index contributed by atoms with van der Waals surface area (Å²) in [7, 11) is 0. The summed E-state index contributed by atoms with van der Waals surface area (Å²) in [6.45, 7) is 9.19. The first kappa shape index (κ1) is 24.7. The third-order valence-electron chi connectivity index (χ3n) is 6.43. The van der Waals surface area contributed by atoms with Gasteiger partial charge < -0.3 is 19.6 Å². The molecule has 1 aliphatic heterocycles. The fraction of sp³-hybridized carbons (Fsp3) is 0.423. The lowest BCUT2D eigenvalue weighted by molar-refractivity contribution is -0.132. The van der Waals surface area contributed by atoms with Crippen LogP contribution in [-0.4, -0.2) is 95.4 Å². The number of imidazole rings is 1. The van der Waals surface area contributed by atoms with Gasteiger partial charge in [0.2, 0.25) is 5.91 Å². The summed E-state index contributed by atoms with van der Waals surface area (Å²) in [6.07, 6.45) is 1.75. The van der Waals surface area contributed by atoms with Gasteiger partial charge in [0.25, 0.3) is 0 Å². The average Bonchev–Trinajstić information content (AvgIpc) is 3.32. The van der Waals surface area contributed by atoms with Crippen molar-refractivity contribution in [2.75, 3.05) is 63.9 Å². The highest BCUT2D eigenvalue weighted by molar-refractivity contribution is 5.94. The van der Waals surface area contributed by atoms with E-state index in [4.69, 9.17) is 9.84 Å². The van der Waals surface area contributed by atoms with Crippen LogP contribution in [0.3, 0.4) is 0 Å². The van der Waals surface area contributed by atoms with Crippen LogP contribution in [-0.2, 0) is 9.53 Å². The number of anilines is 1. The minimum absolute atomic E-state index is 0.0292. The monoisotopic (exact) mass is 479 g/mol. The number of aromatic nitrogens is 2. The van der Waals surface area contributed by atoms with Crippen molar-refractivity contribution < 1.29 is 19.4 Å². The van der Waals surface area contributed by atoms with Gasteiger partial charge in [-0.25, -0.2) is 9.78 Å². The third-order valence-corrected chi connectivity index (χ3v) is 6.43. The van der Waals surface area contributed by atoms with Crippen LogP contribution < -0.4 is 4.90 Å². The summed E-state index contributed by atoms with van der Waals surface area (Å²) >= 11 is 0. The van der Waals surface area contributed by atoms with Gasteiger partial charge in [-0.2, -0.15) is 0 Å². The number of fused-ring (bicyclic) bond motifs is 1. The summed E-state index contributed by atoms with van der Waals surface area (Å²) in [5.41, 5.74) is 4.10. The van der Waals surface area contributed by atoms with E-state index in [1.165, 1.54) is 0 Å². The number of nitrogens with zero attached hydrogens (tertiary/aromatic N) is 5. The summed E-state index contributed by atoms with van der Waals surface area (Å²) in [5, 5.41) is 8.85. The van der Waals surface area contributed by atoms with Gasteiger partial charge in [-0.15, -0.1) is 0 Å². The number of hydrogen-bond donors (Lipinski definition) is 1. The minimum atomic E-state index is -0.476. The summed E-state index contributed by atoms with van der Waals surface area (Å²) in [6, 6.07) is 13.6. The Hall–Kier alpha value is -3.43. The smallest absolute Gasteiger partial charge is 0.338 e. The number of rotatable bonds is 9. The largest absolute Gasteiger partial charge is 0.460 e. The van der Waals surface area contributed by atoms with Crippen molar-refractivity contribution in [3.8, 4) is 5.69 Å². The zero-order valence-electron chi connectivity index (χ0n) is 20.4. The number of hydrogen-bond acceptors (Lipinski definition) is 7. The molecule has 1 N–H and O–H groups in total. The van der Waals surface area contributed by atoms with Gasteiger partial charge in [0.05, 0.1) is 29.7 Å². The quantitative estimate of drug-likeness (QED) is 0.471. The zero-order chi connectivity index (χ0) is 24.8. The maximum Gasteiger partial charge on any atom is 0.338 e. The van der Waals surface area contributed by atoms with E-state index in [0.717, 1.165) is 56.2 Å². The number of ether oxygens (including phenoxy) is 1. The molecule has 4 rings (SSSR count). The lowest BCUT2D eigenvalue weighted by atomic mass is 10.2. The molecule has 0 saturated carbocycles. The van der Waals surface area contributed by atoms with E-state index in [0.29, 0.717) is 17.6 Å². The Morgan fingerprint density at radius 1 is 1.03 bits per heavy atom. The Labute approximate surface area is 205 Å². The van der Waals surface area contributed by atoms with Gasteiger partial charge in [-0.05, 0) is 50.2 Å². The molecule has 1 aliphatic rings. The van der Waals surface area contributed by atoms with E-state index in [2.05, 4.69) is 26.9 Å². The van der Waals surface area contributed by atoms with Gasteiger partial charge in [0, 0.05) is 50.6 Å². The molecule has 3 aromatic rings. The summed E-state index contributed by atoms with van der Waals surface area (Å²) < 4.78 is 7.00. The average molecular weight is 480 g/mol. The second kappa shape index (κ2) is 11.3. The number of carbonyl (C=O) groups is 2. The van der Waals surface area contributed by atoms with E-state index in [-0.39, 0.29) is 19.1 Å². The van der Waals surface area contributed by atoms with Gasteiger partial charge in [-0.1, -0.05) is 6.07 Å². The molecule has 1 amide bonds. The summed E-state index contributed by atoms with van der Waals surface area (Å²) in [4.78, 5) is 35.5. The highest BCUT2D eigenvalue weighted by Gasteiger charge is 2.21. The van der Waals surface area contributed by atoms with Crippen molar-refractivity contribution in [3.05, 3.63) is 54.4 Å². The lowest BCUT2D eigenvalue weighted by Crippen LogP contribution is -2.50. The van der Waals surface area contributed by atoms with Crippen LogP contribution in [0.1, 0.15) is 24.2 Å². The van der Waals surface area contributed by atoms with Crippen LogP contribution in [0.4, 0.5) is 5.69 Å². The second-order valence-electron chi connectivity index (χ2n) is 8.53. The standard InChI is InChI=1S/C26H33N5O4/c1-3-29(4-2)25(33)18-28-10-12-30(13-11-28)21-6-5-7-22(17-21)31-19-27-23-16-20(8-9-24(23)31)26(34)35-15-14-32/h5-9,16-17,19,32H,3-4,10-15,18H2,1-2H3. The van der Waals surface area contributed by atoms with Crippen LogP contribution in [0.5, 0.6) is 0 Å². The first-order valence-corrected chi connectivity index (χ1v) is 12.1. The fourth-order valence-corrected chi connectivity index (χ4v) is 4.44. The molecule has 0 atom stereocenters. The van der Waals surface area contributed by atoms with E-state index in [1.54, 1.807) is 18.5 Å². The summed E-state index contributed by atoms with van der Waals surface area (Å²) in [5.74, 6) is -0.280. The van der Waals surface area contributed by atoms with E-state index < -0.39 is 5.97 Å². The highest BCUT2D eigenvalue weighted by Crippen LogP contribution is 2.24. The molecule has 0 radical (unpaired) electrons. The molecule has 0 unspecified atom stereocenters. The van der Waals surface area contributed by atoms with Crippen molar-refractivity contribution in [1.82, 2.24) is 19.4 Å². The molecular weight excluding hydrogens is 446 g/mol. The molecule has 186 valence electrons. The Morgan fingerprint density at radius 3 is 2.49 bits per heavy atom. The zero-order valence-corrected chi connectivity index (χ0v) is 20.4. The van der Waals surface area contributed by atoms with Crippen LogP contribution >= 0.6 is 0 Å². The molecule has 2 heterocycles. The number of likely N-dealkylation sites (N-methyl/N-ethyl adjacent to an activating group) is 1. The molecule has 2 aromatic carbocycles. The number of benzene rings is 2. The number of amides is 1. The first-order chi connectivity index (χ1) is 17.0. The number of aliphatic hydroxyl groups excluding tert-OH is 1. The minimum Gasteiger partial charge on any atom is -0.460 e. The highest BCUT2D eigenvalue weighted by atomic mass is 16.5. The third kappa shape index (κ3) is 5.63. The topological polar surface area (TPSA) is 91.1 Å². The van der Waals surface area contributed by atoms with Crippen LogP contribution in [0.15, 0.2) is 48.8 Å². The molecule has 0 aliphatic carbocycles. The van der Waals surface area contributed by atoms with E-state index in [9.17, 15) is 9.59 Å². The Kier molecular flexibility index (Phi) is 7.99. The lowest BCUT2D eigenvalue weighted by Gasteiger charge is -2.36. The fourth-order valence-electron chi connectivity index (χ4n) is 4.44. The van der Waals surface area contributed by atoms with Crippen LogP contribution in [0.2, 0.25) is 0 Å². The van der Waals surface area contributed by atoms with Crippen LogP contribution in [0, 0.1) is 0 Å². The predicted molar refractivity (Wildman–Crippen MR) is 135 cm³/mol. The number of aliphatic hydroxyl groups is 1. The normalized spacial score (nSPS) is 14.3. The van der Waals surface area contributed by atoms with Crippen LogP contribution in [0.25, 0.3) is 16.7 Å². The van der Waals surface area contributed by atoms with E-state index in [1.807, 2.05) is 41.5 Å². The van der Waals surface area contributed by atoms with Gasteiger partial charge in [-0.3, -0.25) is 14.3 Å². The van der Waals surface area contributed by atoms with Gasteiger partial charge in [0.1, 0.15) is 12.9 Å². The number of esters is 1. The predicted octanol–water partition coefficient (Wildman–Crippen LogP) is 2.16. The Morgan fingerprint density at radius 2 is 1.77 bits per heavy atom. The van der Waals surface area contributed by atoms with Crippen molar-refractivity contribution in [2.45, 2.75) is 13.8 Å². The molecular formula is C26H33N5O4. The molecule has 9 nitrogen and oxygen atoms in total. The van der Waals surface area contributed by atoms with Gasteiger partial charge >= 0.3 is 5.97 Å². The molecule has 1 aromatic heterocycles. The Balaban J connectivity index is 1.44. The number of carbonyl (C=O) groups excluding carboxylic acids is 2. The molecule has 1 saturated heterocycles. The maximum absolute atomic E-state index is 12.4. The van der Waals surface area contributed by atoms with Crippen molar-refractivity contribution in [1.29, 1.82) is 0 Å². The van der Waals surface area contributed by atoms with Crippen molar-refractivity contribution in [2.24, 2.45) is 0 Å². The van der Waals surface area contributed by atoms with Crippen molar-refractivity contribution >= 4 is 28.6 Å². The molecule has 0 bridgehead atoms. The second-order valence-corrected chi connectivity index (χ2v) is 8.53. The number of piperazine rings is 1. The van der Waals surface area contributed by atoms with E-state index >= 15 is 0 Å². The molecule has 35 heavy (non-hydrogen) atoms. The van der Waals surface area contributed by atoms with Crippen molar-refractivity contribution in [3.63, 3.8) is 0 Å². The molecule has 1 fully saturated rings. The maximum atomic E-state index is 12.4. The Bertz CT molecular complexity index is 1170. The molecule has 9 heteroatoms. The molecule has 0 spiro atoms. The first-order valence-electron chi connectivity index (χ1n) is 12.1. The SMILES string of the molecule is CCN(CC)C(=O)CN1CCN(c2cccc(-n3cnc4cc(C(=O)OCCO)ccc43)c2)CC1.